The lowest BCUT2D eigenvalue weighted by atomic mass is 10.1. The van der Waals surface area contributed by atoms with Crippen LogP contribution in [0.2, 0.25) is 0 Å². The number of alkyl halides is 3. The molecule has 0 saturated carbocycles. The highest BCUT2D eigenvalue weighted by Gasteiger charge is 2.34. The number of anilines is 2. The van der Waals surface area contributed by atoms with E-state index >= 15 is 0 Å². The summed E-state index contributed by atoms with van der Waals surface area (Å²) in [7, 11) is 0. The number of aromatic nitrogens is 5. The molecule has 0 aliphatic heterocycles. The Morgan fingerprint density at radius 1 is 1.15 bits per heavy atom. The number of esters is 1. The summed E-state index contributed by atoms with van der Waals surface area (Å²) in [4.78, 5) is 24.6. The molecule has 0 atom stereocenters. The number of hydrogen-bond donors (Lipinski definition) is 1. The molecular formula is C22H16F4N6O2. The first-order valence-electron chi connectivity index (χ1n) is 9.90. The highest BCUT2D eigenvalue weighted by Crippen LogP contribution is 2.30. The minimum Gasteiger partial charge on any atom is -0.462 e. The highest BCUT2D eigenvalue weighted by atomic mass is 19.4. The standard InChI is InChI=1S/C22H16F4N6O2/c1-2-34-20(33)14-8-13(10-27-11-14)17-12-28-21(29-16-5-3-4-15(23)9-16)30-19(17)32-7-6-18(31-32)22(24,25)26/h3-12H,2H2,1H3,(H,28,29,30). The molecule has 0 saturated heterocycles. The van der Waals surface area contributed by atoms with Crippen molar-refractivity contribution in [3.63, 3.8) is 0 Å². The van der Waals surface area contributed by atoms with E-state index in [1.54, 1.807) is 13.0 Å². The van der Waals surface area contributed by atoms with E-state index in [0.29, 0.717) is 11.3 Å². The number of carbonyl (C=O) groups is 1. The zero-order chi connectivity index (χ0) is 24.3. The molecule has 174 valence electrons. The summed E-state index contributed by atoms with van der Waals surface area (Å²) in [5.74, 6) is -1.14. The van der Waals surface area contributed by atoms with Crippen LogP contribution in [0.3, 0.4) is 0 Å². The number of nitrogens with one attached hydrogen (secondary N) is 1. The zero-order valence-electron chi connectivity index (χ0n) is 17.5. The SMILES string of the molecule is CCOC(=O)c1cncc(-c2cnc(Nc3cccc(F)c3)nc2-n2ccc(C(F)(F)F)n2)c1. The van der Waals surface area contributed by atoms with E-state index < -0.39 is 23.7 Å². The van der Waals surface area contributed by atoms with E-state index in [-0.39, 0.29) is 29.5 Å². The van der Waals surface area contributed by atoms with Gasteiger partial charge in [-0.25, -0.2) is 18.9 Å². The minimum absolute atomic E-state index is 0.0112. The highest BCUT2D eigenvalue weighted by molar-refractivity contribution is 5.90. The number of benzene rings is 1. The largest absolute Gasteiger partial charge is 0.462 e. The number of pyridine rings is 1. The van der Waals surface area contributed by atoms with Gasteiger partial charge in [-0.2, -0.15) is 23.3 Å². The van der Waals surface area contributed by atoms with Crippen molar-refractivity contribution in [1.29, 1.82) is 0 Å². The van der Waals surface area contributed by atoms with Crippen molar-refractivity contribution in [2.45, 2.75) is 13.1 Å². The van der Waals surface area contributed by atoms with Crippen LogP contribution in [0, 0.1) is 5.82 Å². The maximum absolute atomic E-state index is 13.5. The Morgan fingerprint density at radius 2 is 1.97 bits per heavy atom. The second-order valence-electron chi connectivity index (χ2n) is 6.89. The van der Waals surface area contributed by atoms with Gasteiger partial charge in [0.15, 0.2) is 11.5 Å². The molecule has 3 aromatic heterocycles. The number of rotatable bonds is 6. The number of halogens is 4. The summed E-state index contributed by atoms with van der Waals surface area (Å²) in [5.41, 5.74) is -0.0397. The average Bonchev–Trinajstić information content (AvgIpc) is 3.30. The molecule has 3 heterocycles. The Labute approximate surface area is 190 Å². The Morgan fingerprint density at radius 3 is 2.68 bits per heavy atom. The third-order valence-corrected chi connectivity index (χ3v) is 4.51. The van der Waals surface area contributed by atoms with Crippen LogP contribution in [0.4, 0.5) is 29.2 Å². The zero-order valence-corrected chi connectivity index (χ0v) is 17.5. The van der Waals surface area contributed by atoms with Crippen molar-refractivity contribution in [2.75, 3.05) is 11.9 Å². The quantitative estimate of drug-likeness (QED) is 0.318. The van der Waals surface area contributed by atoms with Gasteiger partial charge in [0.2, 0.25) is 5.95 Å². The van der Waals surface area contributed by atoms with E-state index in [1.165, 1.54) is 42.9 Å². The molecule has 34 heavy (non-hydrogen) atoms. The first-order valence-corrected chi connectivity index (χ1v) is 9.90. The van der Waals surface area contributed by atoms with Crippen LogP contribution in [0.25, 0.3) is 16.9 Å². The van der Waals surface area contributed by atoms with Crippen LogP contribution >= 0.6 is 0 Å². The molecule has 8 nitrogen and oxygen atoms in total. The molecule has 0 aliphatic carbocycles. The first kappa shape index (κ1) is 22.8. The molecule has 1 aromatic carbocycles. The predicted molar refractivity (Wildman–Crippen MR) is 113 cm³/mol. The second-order valence-corrected chi connectivity index (χ2v) is 6.89. The van der Waals surface area contributed by atoms with E-state index in [4.69, 9.17) is 4.74 Å². The predicted octanol–water partition coefficient (Wildman–Crippen LogP) is 4.80. The molecule has 0 spiro atoms. The normalized spacial score (nSPS) is 11.3. The topological polar surface area (TPSA) is 94.8 Å². The van der Waals surface area contributed by atoms with Gasteiger partial charge < -0.3 is 10.1 Å². The summed E-state index contributed by atoms with van der Waals surface area (Å²) in [6.07, 6.45) is 0.483. The van der Waals surface area contributed by atoms with Gasteiger partial charge in [-0.05, 0) is 37.3 Å². The Balaban J connectivity index is 1.80. The molecule has 4 aromatic rings. The summed E-state index contributed by atoms with van der Waals surface area (Å²) >= 11 is 0. The van der Waals surface area contributed by atoms with E-state index in [0.717, 1.165) is 16.9 Å². The summed E-state index contributed by atoms with van der Waals surface area (Å²) in [5, 5.41) is 6.39. The van der Waals surface area contributed by atoms with Crippen LogP contribution in [0.15, 0.2) is 61.2 Å². The van der Waals surface area contributed by atoms with Gasteiger partial charge >= 0.3 is 12.1 Å². The fraction of sp³-hybridized carbons (Fsp3) is 0.136. The lowest BCUT2D eigenvalue weighted by molar-refractivity contribution is -0.141. The fourth-order valence-corrected chi connectivity index (χ4v) is 3.01. The molecule has 0 bridgehead atoms. The number of carbonyl (C=O) groups excluding carboxylic acids is 1. The number of hydrogen-bond acceptors (Lipinski definition) is 7. The van der Waals surface area contributed by atoms with E-state index in [1.807, 2.05) is 0 Å². The molecule has 4 rings (SSSR count). The second kappa shape index (κ2) is 9.25. The van der Waals surface area contributed by atoms with Gasteiger partial charge in [0.1, 0.15) is 5.82 Å². The van der Waals surface area contributed by atoms with Crippen LogP contribution in [-0.4, -0.2) is 37.3 Å². The lowest BCUT2D eigenvalue weighted by Gasteiger charge is -2.12. The Hall–Kier alpha value is -4.35. The molecule has 12 heteroatoms. The summed E-state index contributed by atoms with van der Waals surface area (Å²) in [6, 6.07) is 7.77. The summed E-state index contributed by atoms with van der Waals surface area (Å²) < 4.78 is 58.9. The van der Waals surface area contributed by atoms with Crippen molar-refractivity contribution in [1.82, 2.24) is 24.7 Å². The van der Waals surface area contributed by atoms with Gasteiger partial charge in [-0.15, -0.1) is 0 Å². The first-order chi connectivity index (χ1) is 16.2. The van der Waals surface area contributed by atoms with Crippen LogP contribution < -0.4 is 5.32 Å². The van der Waals surface area contributed by atoms with Gasteiger partial charge in [0.05, 0.1) is 12.2 Å². The minimum atomic E-state index is -4.66. The Kier molecular flexibility index (Phi) is 6.21. The average molecular weight is 472 g/mol. The van der Waals surface area contributed by atoms with Crippen LogP contribution in [0.5, 0.6) is 0 Å². The lowest BCUT2D eigenvalue weighted by Crippen LogP contribution is -2.10. The maximum Gasteiger partial charge on any atom is 0.435 e. The molecule has 0 aliphatic rings. The van der Waals surface area contributed by atoms with Gasteiger partial charge in [-0.3, -0.25) is 4.98 Å². The number of nitrogens with zero attached hydrogens (tertiary/aromatic N) is 5. The van der Waals surface area contributed by atoms with Crippen molar-refractivity contribution < 1.29 is 27.1 Å². The van der Waals surface area contributed by atoms with Gasteiger partial charge in [0.25, 0.3) is 0 Å². The monoisotopic (exact) mass is 472 g/mol. The molecule has 0 fully saturated rings. The van der Waals surface area contributed by atoms with E-state index in [9.17, 15) is 22.4 Å². The molecular weight excluding hydrogens is 456 g/mol. The third-order valence-electron chi connectivity index (χ3n) is 4.51. The molecule has 0 amide bonds. The van der Waals surface area contributed by atoms with Crippen LogP contribution in [0.1, 0.15) is 23.0 Å². The van der Waals surface area contributed by atoms with Crippen molar-refractivity contribution in [3.8, 4) is 16.9 Å². The summed E-state index contributed by atoms with van der Waals surface area (Å²) in [6.45, 7) is 1.81. The third kappa shape index (κ3) is 5.00. The fourth-order valence-electron chi connectivity index (χ4n) is 3.01. The van der Waals surface area contributed by atoms with Crippen molar-refractivity contribution in [3.05, 3.63) is 78.3 Å². The van der Waals surface area contributed by atoms with E-state index in [2.05, 4.69) is 25.4 Å². The van der Waals surface area contributed by atoms with Crippen molar-refractivity contribution >= 4 is 17.6 Å². The smallest absolute Gasteiger partial charge is 0.435 e. The molecule has 0 radical (unpaired) electrons. The number of ether oxygens (including phenoxy) is 1. The van der Waals surface area contributed by atoms with Crippen LogP contribution in [-0.2, 0) is 10.9 Å². The van der Waals surface area contributed by atoms with Gasteiger partial charge in [0, 0.05) is 41.6 Å². The maximum atomic E-state index is 13.5. The van der Waals surface area contributed by atoms with Gasteiger partial charge in [-0.1, -0.05) is 6.07 Å². The molecule has 0 unspecified atom stereocenters. The molecule has 1 N–H and O–H groups in total. The Bertz CT molecular complexity index is 1340. The van der Waals surface area contributed by atoms with Crippen molar-refractivity contribution in [2.24, 2.45) is 0 Å².